The molecule has 31 heavy (non-hydrogen) atoms. The molecule has 0 unspecified atom stereocenters. The van der Waals surface area contributed by atoms with Crippen LogP contribution in [0.15, 0.2) is 40.2 Å². The molecule has 0 spiro atoms. The van der Waals surface area contributed by atoms with Crippen molar-refractivity contribution in [2.45, 2.75) is 51.5 Å². The van der Waals surface area contributed by atoms with Gasteiger partial charge in [0.25, 0.3) is 0 Å². The second kappa shape index (κ2) is 8.92. The zero-order valence-electron chi connectivity index (χ0n) is 18.9. The first-order chi connectivity index (χ1) is 14.2. The maximum Gasteiger partial charge on any atom is 0.310 e. The summed E-state index contributed by atoms with van der Waals surface area (Å²) in [4.78, 5) is 25.4. The van der Waals surface area contributed by atoms with Crippen molar-refractivity contribution >= 4 is 15.6 Å². The molecule has 0 fully saturated rings. The van der Waals surface area contributed by atoms with Crippen LogP contribution >= 0.6 is 0 Å². The summed E-state index contributed by atoms with van der Waals surface area (Å²) in [5.41, 5.74) is 4.89. The molecule has 0 amide bonds. The molecule has 0 radical (unpaired) electrons. The minimum atomic E-state index is -3.34. The lowest BCUT2D eigenvalue weighted by Gasteiger charge is -2.24. The highest BCUT2D eigenvalue weighted by Gasteiger charge is 2.27. The highest BCUT2D eigenvalue weighted by atomic mass is 32.2. The lowest BCUT2D eigenvalue weighted by molar-refractivity contribution is -0.126. The van der Waals surface area contributed by atoms with E-state index < -0.39 is 26.4 Å². The minimum absolute atomic E-state index is 0.0585. The summed E-state index contributed by atoms with van der Waals surface area (Å²) >= 11 is 0. The Kier molecular flexibility index (Phi) is 7.12. The van der Waals surface area contributed by atoms with E-state index in [4.69, 9.17) is 10.5 Å². The van der Waals surface area contributed by atoms with Gasteiger partial charge in [-0.3, -0.25) is 9.59 Å². The van der Waals surface area contributed by atoms with Gasteiger partial charge in [-0.2, -0.15) is 5.10 Å². The van der Waals surface area contributed by atoms with Gasteiger partial charge in [-0.25, -0.2) is 13.1 Å². The van der Waals surface area contributed by atoms with Gasteiger partial charge in [-0.1, -0.05) is 26.0 Å². The third kappa shape index (κ3) is 5.80. The minimum Gasteiger partial charge on any atom is -0.487 e. The normalized spacial score (nSPS) is 12.6. The summed E-state index contributed by atoms with van der Waals surface area (Å²) < 4.78 is 30.7. The van der Waals surface area contributed by atoms with E-state index in [1.807, 2.05) is 20.8 Å². The van der Waals surface area contributed by atoms with Crippen molar-refractivity contribution in [2.24, 2.45) is 11.1 Å². The lowest BCUT2D eigenvalue weighted by Crippen LogP contribution is -2.37. The fourth-order valence-corrected chi connectivity index (χ4v) is 3.60. The van der Waals surface area contributed by atoms with Crippen LogP contribution in [0.1, 0.15) is 41.0 Å². The Morgan fingerprint density at radius 2 is 1.71 bits per heavy atom. The number of hydrogen-bond donors (Lipinski definition) is 1. The van der Waals surface area contributed by atoms with Crippen molar-refractivity contribution in [2.75, 3.05) is 19.4 Å². The zero-order chi connectivity index (χ0) is 23.6. The quantitative estimate of drug-likeness (QED) is 0.657. The van der Waals surface area contributed by atoms with Gasteiger partial charge in [-0.15, -0.1) is 0 Å². The number of benzene rings is 1. The first kappa shape index (κ1) is 24.7. The maximum absolute atomic E-state index is 13.2. The number of Topliss-reactive ketones (excluding diaryl/α,β-unsaturated/α-hetero) is 1. The Morgan fingerprint density at radius 1 is 1.13 bits per heavy atom. The van der Waals surface area contributed by atoms with Crippen LogP contribution in [0.25, 0.3) is 11.1 Å². The summed E-state index contributed by atoms with van der Waals surface area (Å²) in [6.07, 6.45) is 3.05. The van der Waals surface area contributed by atoms with Gasteiger partial charge in [0, 0.05) is 17.2 Å². The maximum atomic E-state index is 13.2. The second-order valence-corrected chi connectivity index (χ2v) is 11.2. The molecule has 1 heterocycles. The number of nitrogens with zero attached hydrogens (tertiary/aromatic N) is 2. The molecule has 2 rings (SSSR count). The molecule has 0 saturated heterocycles. The van der Waals surface area contributed by atoms with Gasteiger partial charge >= 0.3 is 5.56 Å². The Labute approximate surface area is 183 Å². The number of rotatable bonds is 8. The first-order valence-electron chi connectivity index (χ1n) is 9.98. The van der Waals surface area contributed by atoms with Gasteiger partial charge in [0.15, 0.2) is 21.4 Å². The monoisotopic (exact) mass is 449 g/mol. The van der Waals surface area contributed by atoms with E-state index >= 15 is 0 Å². The molecule has 170 valence electrons. The van der Waals surface area contributed by atoms with E-state index in [-0.39, 0.29) is 29.6 Å². The predicted molar refractivity (Wildman–Crippen MR) is 120 cm³/mol. The number of carbonyl (C=O) groups excluding carboxylic acids is 1. The zero-order valence-corrected chi connectivity index (χ0v) is 19.7. The third-order valence-corrected chi connectivity index (χ3v) is 6.20. The Hall–Kier alpha value is -2.52. The summed E-state index contributed by atoms with van der Waals surface area (Å²) in [6, 6.07) is 6.19. The highest BCUT2D eigenvalue weighted by Crippen LogP contribution is 2.29. The van der Waals surface area contributed by atoms with Gasteiger partial charge in [0.2, 0.25) is 0 Å². The molecule has 0 bridgehead atoms. The highest BCUT2D eigenvalue weighted by molar-refractivity contribution is 7.90. The standard InChI is InChI=1S/C22H31N3O5S/c1-21(2,3)25-20(27)19(30-12-11-22(4,5)18(26)13-23)17(14-24-25)15-7-9-16(10-8-15)31(6,28)29/h7-10,14H,11-13,23H2,1-6H3. The van der Waals surface area contributed by atoms with Gasteiger partial charge in [0.05, 0.1) is 29.8 Å². The number of ether oxygens (including phenoxy) is 1. The van der Waals surface area contributed by atoms with E-state index in [0.29, 0.717) is 17.5 Å². The van der Waals surface area contributed by atoms with E-state index in [2.05, 4.69) is 5.10 Å². The number of nitrogens with two attached hydrogens (primary N) is 1. The predicted octanol–water partition coefficient (Wildman–Crippen LogP) is 2.39. The number of hydrogen-bond acceptors (Lipinski definition) is 7. The van der Waals surface area contributed by atoms with Crippen molar-refractivity contribution in [1.29, 1.82) is 0 Å². The molecule has 1 aromatic carbocycles. The molecule has 1 aromatic heterocycles. The van der Waals surface area contributed by atoms with Crippen molar-refractivity contribution < 1.29 is 17.9 Å². The van der Waals surface area contributed by atoms with Crippen LogP contribution in [-0.2, 0) is 20.2 Å². The number of ketones is 1. The fraction of sp³-hybridized carbons (Fsp3) is 0.500. The molecule has 2 aromatic rings. The molecule has 0 aliphatic carbocycles. The third-order valence-electron chi connectivity index (χ3n) is 5.08. The molecule has 0 atom stereocenters. The van der Waals surface area contributed by atoms with Crippen LogP contribution in [0.2, 0.25) is 0 Å². The molecule has 0 aliphatic rings. The smallest absolute Gasteiger partial charge is 0.310 e. The van der Waals surface area contributed by atoms with E-state index in [0.717, 1.165) is 6.26 Å². The van der Waals surface area contributed by atoms with Gasteiger partial charge in [-0.05, 0) is 44.9 Å². The van der Waals surface area contributed by atoms with E-state index in [1.165, 1.54) is 23.0 Å². The molecule has 8 nitrogen and oxygen atoms in total. The summed E-state index contributed by atoms with van der Waals surface area (Å²) in [7, 11) is -3.34. The summed E-state index contributed by atoms with van der Waals surface area (Å²) in [6.45, 7) is 9.22. The molecule has 9 heteroatoms. The van der Waals surface area contributed by atoms with E-state index in [1.54, 1.807) is 26.0 Å². The van der Waals surface area contributed by atoms with Crippen LogP contribution in [0.3, 0.4) is 0 Å². The summed E-state index contributed by atoms with van der Waals surface area (Å²) in [5.74, 6) is 0.0162. The second-order valence-electron chi connectivity index (χ2n) is 9.18. The van der Waals surface area contributed by atoms with Crippen LogP contribution < -0.4 is 16.0 Å². The van der Waals surface area contributed by atoms with Crippen LogP contribution in [-0.4, -0.2) is 43.4 Å². The van der Waals surface area contributed by atoms with Gasteiger partial charge < -0.3 is 10.5 Å². The Bertz CT molecular complexity index is 1110. The van der Waals surface area contributed by atoms with Crippen LogP contribution in [0.4, 0.5) is 0 Å². The Morgan fingerprint density at radius 3 is 2.19 bits per heavy atom. The number of carbonyl (C=O) groups is 1. The number of aromatic nitrogens is 2. The van der Waals surface area contributed by atoms with Crippen LogP contribution in [0.5, 0.6) is 5.75 Å². The average molecular weight is 450 g/mol. The average Bonchev–Trinajstić information content (AvgIpc) is 2.66. The summed E-state index contributed by atoms with van der Waals surface area (Å²) in [5, 5.41) is 4.29. The van der Waals surface area contributed by atoms with E-state index in [9.17, 15) is 18.0 Å². The number of sulfone groups is 1. The van der Waals surface area contributed by atoms with Gasteiger partial charge in [0.1, 0.15) is 0 Å². The molecule has 0 saturated carbocycles. The fourth-order valence-electron chi connectivity index (χ4n) is 2.97. The lowest BCUT2D eigenvalue weighted by atomic mass is 9.85. The van der Waals surface area contributed by atoms with Crippen molar-refractivity contribution in [3.05, 3.63) is 40.8 Å². The van der Waals surface area contributed by atoms with Crippen molar-refractivity contribution in [3.63, 3.8) is 0 Å². The largest absolute Gasteiger partial charge is 0.487 e. The molecule has 2 N–H and O–H groups in total. The van der Waals surface area contributed by atoms with Crippen molar-refractivity contribution in [3.8, 4) is 16.9 Å². The van der Waals surface area contributed by atoms with Crippen LogP contribution in [0, 0.1) is 5.41 Å². The van der Waals surface area contributed by atoms with Crippen molar-refractivity contribution in [1.82, 2.24) is 9.78 Å². The molecular weight excluding hydrogens is 418 g/mol. The molecular formula is C22H31N3O5S. The first-order valence-corrected chi connectivity index (χ1v) is 11.9. The SMILES string of the molecule is CC(C)(CCOc1c(-c2ccc(S(C)(=O)=O)cc2)cnn(C(C)(C)C)c1=O)C(=O)CN. The topological polar surface area (TPSA) is 121 Å². The molecule has 0 aliphatic heterocycles. The Balaban J connectivity index is 2.48.